The Morgan fingerprint density at radius 1 is 1.38 bits per heavy atom. The lowest BCUT2D eigenvalue weighted by molar-refractivity contribution is -0.144. The van der Waals surface area contributed by atoms with Gasteiger partial charge < -0.3 is 9.52 Å². The summed E-state index contributed by atoms with van der Waals surface area (Å²) < 4.78 is 6.50. The molecule has 1 aromatic carbocycles. The molecular formula is C14H16BrN3O3. The second-order valence-electron chi connectivity index (χ2n) is 4.85. The maximum absolute atomic E-state index is 11.2. The number of nitrogens with zero attached hydrogens (tertiary/aromatic N) is 2. The summed E-state index contributed by atoms with van der Waals surface area (Å²) in [6.45, 7) is 3.64. The van der Waals surface area contributed by atoms with Gasteiger partial charge in [0.2, 0.25) is 11.8 Å². The molecule has 0 saturated heterocycles. The number of halogens is 1. The SMILES string of the molecule is CCC(C)(NCc1nnc(-c2ccc(Br)cc2)o1)C(=O)O. The molecule has 0 aliphatic rings. The fourth-order valence-electron chi connectivity index (χ4n) is 1.66. The number of benzene rings is 1. The van der Waals surface area contributed by atoms with E-state index in [1.807, 2.05) is 31.2 Å². The van der Waals surface area contributed by atoms with E-state index in [2.05, 4.69) is 31.4 Å². The first kappa shape index (κ1) is 15.7. The van der Waals surface area contributed by atoms with Crippen molar-refractivity contribution in [1.29, 1.82) is 0 Å². The maximum atomic E-state index is 11.2. The van der Waals surface area contributed by atoms with Crippen molar-refractivity contribution in [2.75, 3.05) is 0 Å². The van der Waals surface area contributed by atoms with Gasteiger partial charge in [-0.3, -0.25) is 10.1 Å². The quantitative estimate of drug-likeness (QED) is 0.829. The van der Waals surface area contributed by atoms with Gasteiger partial charge in [-0.15, -0.1) is 10.2 Å². The minimum atomic E-state index is -1.01. The van der Waals surface area contributed by atoms with Crippen molar-refractivity contribution in [2.45, 2.75) is 32.4 Å². The van der Waals surface area contributed by atoms with E-state index < -0.39 is 11.5 Å². The first-order valence-electron chi connectivity index (χ1n) is 6.51. The van der Waals surface area contributed by atoms with E-state index >= 15 is 0 Å². The van der Waals surface area contributed by atoms with Crippen molar-refractivity contribution in [3.8, 4) is 11.5 Å². The van der Waals surface area contributed by atoms with Crippen LogP contribution in [0.25, 0.3) is 11.5 Å². The molecule has 2 aromatic rings. The standard InChI is InChI=1S/C14H16BrN3O3/c1-3-14(2,13(19)20)16-8-11-17-18-12(21-11)9-4-6-10(15)7-5-9/h4-7,16H,3,8H2,1-2H3,(H,19,20). The summed E-state index contributed by atoms with van der Waals surface area (Å²) in [5.74, 6) is -0.140. The van der Waals surface area contributed by atoms with Crippen molar-refractivity contribution in [3.63, 3.8) is 0 Å². The third kappa shape index (κ3) is 3.68. The molecule has 6 nitrogen and oxygen atoms in total. The lowest BCUT2D eigenvalue weighted by Gasteiger charge is -2.23. The van der Waals surface area contributed by atoms with Crippen molar-refractivity contribution in [3.05, 3.63) is 34.6 Å². The van der Waals surface area contributed by atoms with Crippen LogP contribution < -0.4 is 5.32 Å². The molecule has 112 valence electrons. The molecule has 0 spiro atoms. The van der Waals surface area contributed by atoms with Crippen LogP contribution in [0, 0.1) is 0 Å². The van der Waals surface area contributed by atoms with E-state index in [1.54, 1.807) is 6.92 Å². The Morgan fingerprint density at radius 3 is 2.62 bits per heavy atom. The maximum Gasteiger partial charge on any atom is 0.323 e. The third-order valence-corrected chi connectivity index (χ3v) is 3.90. The summed E-state index contributed by atoms with van der Waals surface area (Å²) >= 11 is 3.36. The average molecular weight is 354 g/mol. The average Bonchev–Trinajstić information content (AvgIpc) is 2.94. The van der Waals surface area contributed by atoms with Crippen LogP contribution in [0.1, 0.15) is 26.2 Å². The van der Waals surface area contributed by atoms with Gasteiger partial charge in [0.1, 0.15) is 5.54 Å². The second kappa shape index (κ2) is 6.36. The highest BCUT2D eigenvalue weighted by molar-refractivity contribution is 9.10. The number of nitrogens with one attached hydrogen (secondary N) is 1. The number of carbonyl (C=O) groups is 1. The van der Waals surface area contributed by atoms with Crippen LogP contribution in [-0.4, -0.2) is 26.8 Å². The number of aliphatic carboxylic acids is 1. The Kier molecular flexibility index (Phi) is 4.74. The summed E-state index contributed by atoms with van der Waals surface area (Å²) in [5.41, 5.74) is -0.194. The molecule has 21 heavy (non-hydrogen) atoms. The minimum absolute atomic E-state index is 0.209. The van der Waals surface area contributed by atoms with Gasteiger partial charge >= 0.3 is 5.97 Å². The zero-order chi connectivity index (χ0) is 15.5. The first-order valence-corrected chi connectivity index (χ1v) is 7.30. The van der Waals surface area contributed by atoms with Crippen molar-refractivity contribution in [1.82, 2.24) is 15.5 Å². The van der Waals surface area contributed by atoms with Gasteiger partial charge in [0, 0.05) is 10.0 Å². The lowest BCUT2D eigenvalue weighted by atomic mass is 9.99. The largest absolute Gasteiger partial charge is 0.480 e. The van der Waals surface area contributed by atoms with Crippen molar-refractivity contribution >= 4 is 21.9 Å². The molecule has 1 heterocycles. The molecule has 0 bridgehead atoms. The topological polar surface area (TPSA) is 88.3 Å². The number of rotatable bonds is 6. The summed E-state index contributed by atoms with van der Waals surface area (Å²) in [6, 6.07) is 7.50. The van der Waals surface area contributed by atoms with Gasteiger partial charge in [-0.1, -0.05) is 22.9 Å². The van der Waals surface area contributed by atoms with E-state index in [9.17, 15) is 9.90 Å². The Hall–Kier alpha value is -1.73. The lowest BCUT2D eigenvalue weighted by Crippen LogP contribution is -2.48. The van der Waals surface area contributed by atoms with Crippen LogP contribution in [0.2, 0.25) is 0 Å². The van der Waals surface area contributed by atoms with E-state index in [1.165, 1.54) is 0 Å². The highest BCUT2D eigenvalue weighted by Gasteiger charge is 2.30. The molecule has 1 atom stereocenters. The predicted octanol–water partition coefficient (Wildman–Crippen LogP) is 2.84. The predicted molar refractivity (Wildman–Crippen MR) is 80.6 cm³/mol. The molecule has 0 radical (unpaired) electrons. The molecule has 0 saturated carbocycles. The molecule has 0 aliphatic heterocycles. The summed E-state index contributed by atoms with van der Waals surface area (Å²) in [4.78, 5) is 11.2. The van der Waals surface area contributed by atoms with Crippen molar-refractivity contribution < 1.29 is 14.3 Å². The highest BCUT2D eigenvalue weighted by Crippen LogP contribution is 2.20. The summed E-state index contributed by atoms with van der Waals surface area (Å²) in [7, 11) is 0. The van der Waals surface area contributed by atoms with Crippen LogP contribution >= 0.6 is 15.9 Å². The zero-order valence-corrected chi connectivity index (χ0v) is 13.3. The fraction of sp³-hybridized carbons (Fsp3) is 0.357. The van der Waals surface area contributed by atoms with Gasteiger partial charge in [-0.05, 0) is 37.6 Å². The molecule has 2 N–H and O–H groups in total. The second-order valence-corrected chi connectivity index (χ2v) is 5.77. The Bertz CT molecular complexity index is 627. The van der Waals surface area contributed by atoms with Crippen LogP contribution in [0.5, 0.6) is 0 Å². The number of carboxylic acids is 1. The zero-order valence-electron chi connectivity index (χ0n) is 11.8. The molecular weight excluding hydrogens is 338 g/mol. The van der Waals surface area contributed by atoms with Gasteiger partial charge in [0.25, 0.3) is 0 Å². The number of carboxylic acid groups (broad SMARTS) is 1. The van der Waals surface area contributed by atoms with E-state index in [-0.39, 0.29) is 6.54 Å². The summed E-state index contributed by atoms with van der Waals surface area (Å²) in [5, 5.41) is 20.0. The monoisotopic (exact) mass is 353 g/mol. The molecule has 7 heteroatoms. The number of aromatic nitrogens is 2. The summed E-state index contributed by atoms with van der Waals surface area (Å²) in [6.07, 6.45) is 0.454. The van der Waals surface area contributed by atoms with E-state index in [4.69, 9.17) is 4.42 Å². The number of hydrogen-bond acceptors (Lipinski definition) is 5. The van der Waals surface area contributed by atoms with E-state index in [0.717, 1.165) is 10.0 Å². The molecule has 0 fully saturated rings. The minimum Gasteiger partial charge on any atom is -0.480 e. The van der Waals surface area contributed by atoms with Crippen LogP contribution in [-0.2, 0) is 11.3 Å². The highest BCUT2D eigenvalue weighted by atomic mass is 79.9. The molecule has 0 aliphatic carbocycles. The van der Waals surface area contributed by atoms with E-state index in [0.29, 0.717) is 18.2 Å². The first-order chi connectivity index (χ1) is 9.94. The van der Waals surface area contributed by atoms with Crippen LogP contribution in [0.3, 0.4) is 0 Å². The van der Waals surface area contributed by atoms with Crippen LogP contribution in [0.15, 0.2) is 33.2 Å². The number of hydrogen-bond donors (Lipinski definition) is 2. The Morgan fingerprint density at radius 2 is 2.05 bits per heavy atom. The Labute approximate surface area is 130 Å². The van der Waals surface area contributed by atoms with Crippen LogP contribution in [0.4, 0.5) is 0 Å². The van der Waals surface area contributed by atoms with Gasteiger partial charge in [0.15, 0.2) is 0 Å². The molecule has 1 aromatic heterocycles. The molecule has 1 unspecified atom stereocenters. The van der Waals surface area contributed by atoms with Gasteiger partial charge in [-0.25, -0.2) is 0 Å². The Balaban J connectivity index is 2.07. The van der Waals surface area contributed by atoms with Gasteiger partial charge in [-0.2, -0.15) is 0 Å². The molecule has 0 amide bonds. The molecule has 2 rings (SSSR count). The normalized spacial score (nSPS) is 13.9. The third-order valence-electron chi connectivity index (χ3n) is 3.37. The van der Waals surface area contributed by atoms with Crippen molar-refractivity contribution in [2.24, 2.45) is 0 Å². The van der Waals surface area contributed by atoms with Gasteiger partial charge in [0.05, 0.1) is 6.54 Å². The smallest absolute Gasteiger partial charge is 0.323 e. The fourth-order valence-corrected chi connectivity index (χ4v) is 1.92.